The van der Waals surface area contributed by atoms with Gasteiger partial charge in [-0.1, -0.05) is 19.1 Å². The van der Waals surface area contributed by atoms with Crippen molar-refractivity contribution in [2.24, 2.45) is 11.8 Å². The third kappa shape index (κ3) is 3.29. The van der Waals surface area contributed by atoms with Crippen LogP contribution in [0.3, 0.4) is 0 Å². The number of piperidine rings is 1. The zero-order chi connectivity index (χ0) is 16.9. The van der Waals surface area contributed by atoms with E-state index in [0.717, 1.165) is 22.7 Å². The molecule has 2 saturated heterocycles. The number of thioether (sulfide) groups is 1. The van der Waals surface area contributed by atoms with Gasteiger partial charge in [0.05, 0.1) is 23.1 Å². The maximum atomic E-state index is 12.3. The second-order valence-electron chi connectivity index (χ2n) is 6.35. The monoisotopic (exact) mass is 379 g/mol. The molecule has 0 aromatic heterocycles. The largest absolute Gasteiger partial charge is 0.477 e. The van der Waals surface area contributed by atoms with Gasteiger partial charge in [0, 0.05) is 52.2 Å². The molecule has 1 radical (unpaired) electrons. The summed E-state index contributed by atoms with van der Waals surface area (Å²) in [5, 5.41) is 22.8. The predicted molar refractivity (Wildman–Crippen MR) is 96.6 cm³/mol. The number of amides is 1. The van der Waals surface area contributed by atoms with E-state index in [0.29, 0.717) is 6.54 Å². The molecule has 127 valence electrons. The number of aliphatic hydroxyl groups is 1. The van der Waals surface area contributed by atoms with Crippen LogP contribution in [0, 0.1) is 11.8 Å². The maximum Gasteiger partial charge on any atom is 0.353 e. The van der Waals surface area contributed by atoms with E-state index in [1.165, 1.54) is 16.7 Å². The summed E-state index contributed by atoms with van der Waals surface area (Å²) in [7, 11) is 0. The molecular weight excluding hydrogens is 359 g/mol. The molecule has 3 aliphatic rings. The molecule has 24 heavy (non-hydrogen) atoms. The van der Waals surface area contributed by atoms with Crippen LogP contribution in [0.4, 0.5) is 0 Å². The van der Waals surface area contributed by atoms with Crippen molar-refractivity contribution in [2.75, 3.05) is 6.54 Å². The van der Waals surface area contributed by atoms with Crippen molar-refractivity contribution in [2.45, 2.75) is 44.1 Å². The first-order valence-corrected chi connectivity index (χ1v) is 9.03. The molecule has 3 heterocycles. The Labute approximate surface area is 172 Å². The number of aliphatic hydroxyl groups excluding tert-OH is 1. The number of nitrogens with zero attached hydrogens (tertiary/aromatic N) is 1. The quantitative estimate of drug-likeness (QED) is 0.374. The number of thiocarbonyl (C=S) groups is 1. The van der Waals surface area contributed by atoms with Gasteiger partial charge in [-0.15, -0.1) is 11.8 Å². The average Bonchev–Trinajstić information content (AvgIpc) is 2.71. The Morgan fingerprint density at radius 1 is 1.50 bits per heavy atom. The minimum absolute atomic E-state index is 0. The van der Waals surface area contributed by atoms with Gasteiger partial charge >= 0.3 is 5.97 Å². The molecule has 1 amide bonds. The number of carbonyl (C=O) groups is 2. The van der Waals surface area contributed by atoms with Crippen molar-refractivity contribution in [1.29, 1.82) is 0 Å². The van der Waals surface area contributed by atoms with Crippen LogP contribution in [0.15, 0.2) is 10.6 Å². The van der Waals surface area contributed by atoms with Gasteiger partial charge in [-0.2, -0.15) is 0 Å². The number of hydrogen-bond acceptors (Lipinski definition) is 5. The Morgan fingerprint density at radius 3 is 2.67 bits per heavy atom. The van der Waals surface area contributed by atoms with Gasteiger partial charge < -0.3 is 20.4 Å². The molecule has 0 aromatic rings. The Hall–Kier alpha value is -0.120. The van der Waals surface area contributed by atoms with Crippen LogP contribution >= 0.6 is 24.0 Å². The third-order valence-corrected chi connectivity index (χ3v) is 6.73. The topological polar surface area (TPSA) is 89.9 Å². The fourth-order valence-corrected chi connectivity index (χ4v) is 5.28. The molecular formula is C15H20N2NaO4S2. The minimum Gasteiger partial charge on any atom is -0.477 e. The van der Waals surface area contributed by atoms with Crippen molar-refractivity contribution in [3.8, 4) is 0 Å². The Balaban J connectivity index is 0.00000208. The molecule has 0 aliphatic carbocycles. The van der Waals surface area contributed by atoms with Gasteiger partial charge in [-0.05, 0) is 19.8 Å². The average molecular weight is 379 g/mol. The van der Waals surface area contributed by atoms with Gasteiger partial charge in [0.25, 0.3) is 0 Å². The number of β-lactam (4-membered cyclic amide) rings is 1. The van der Waals surface area contributed by atoms with Gasteiger partial charge in [-0.25, -0.2) is 4.79 Å². The first-order valence-electron chi connectivity index (χ1n) is 7.75. The fraction of sp³-hybridized carbons (Fsp3) is 0.667. The van der Waals surface area contributed by atoms with Gasteiger partial charge in [-0.3, -0.25) is 4.79 Å². The zero-order valence-electron chi connectivity index (χ0n) is 14.0. The molecule has 9 heteroatoms. The van der Waals surface area contributed by atoms with E-state index in [1.54, 1.807) is 6.92 Å². The Morgan fingerprint density at radius 2 is 2.17 bits per heavy atom. The van der Waals surface area contributed by atoms with Crippen molar-refractivity contribution in [3.63, 3.8) is 0 Å². The Bertz CT molecular complexity index is 600. The molecule has 0 aromatic carbocycles. The molecule has 3 rings (SSSR count). The van der Waals surface area contributed by atoms with E-state index in [4.69, 9.17) is 12.2 Å². The zero-order valence-corrected chi connectivity index (χ0v) is 17.6. The van der Waals surface area contributed by atoms with Crippen LogP contribution in [-0.4, -0.2) is 85.5 Å². The molecule has 3 aliphatic heterocycles. The molecule has 0 saturated carbocycles. The van der Waals surface area contributed by atoms with Crippen LogP contribution in [0.2, 0.25) is 0 Å². The second-order valence-corrected chi connectivity index (χ2v) is 8.19. The van der Waals surface area contributed by atoms with Crippen LogP contribution in [-0.2, 0) is 9.59 Å². The number of rotatable bonds is 4. The van der Waals surface area contributed by atoms with Gasteiger partial charge in [0.1, 0.15) is 5.70 Å². The molecule has 3 N–H and O–H groups in total. The van der Waals surface area contributed by atoms with Crippen molar-refractivity contribution >= 4 is 70.4 Å². The number of nitrogens with one attached hydrogen (secondary N) is 1. The van der Waals surface area contributed by atoms with Crippen LogP contribution in [0.5, 0.6) is 0 Å². The summed E-state index contributed by atoms with van der Waals surface area (Å²) in [6.07, 6.45) is 0.941. The number of aliphatic carboxylic acids is 1. The summed E-state index contributed by atoms with van der Waals surface area (Å²) in [6, 6.07) is -0.242. The number of carboxylic acids is 1. The number of carboxylic acid groups (broad SMARTS) is 1. The van der Waals surface area contributed by atoms with E-state index < -0.39 is 18.0 Å². The van der Waals surface area contributed by atoms with E-state index >= 15 is 0 Å². The van der Waals surface area contributed by atoms with Crippen molar-refractivity contribution < 1.29 is 19.8 Å². The summed E-state index contributed by atoms with van der Waals surface area (Å²) < 4.78 is 0. The SMILES string of the molecule is C[C@@H](O)[C@H]1C(=O)N2C(C(=O)O)=C(SC3CCC(=S)NC3)[C@H](C)[C@H]12.[Na]. The molecule has 2 fully saturated rings. The van der Waals surface area contributed by atoms with E-state index in [-0.39, 0.29) is 58.4 Å². The van der Waals surface area contributed by atoms with Crippen LogP contribution in [0.1, 0.15) is 26.7 Å². The minimum atomic E-state index is -1.07. The molecule has 0 bridgehead atoms. The number of fused-ring (bicyclic) bond motifs is 1. The molecule has 5 atom stereocenters. The van der Waals surface area contributed by atoms with Crippen molar-refractivity contribution in [3.05, 3.63) is 10.6 Å². The van der Waals surface area contributed by atoms with Gasteiger partial charge in [0.15, 0.2) is 0 Å². The molecule has 0 spiro atoms. The Kier molecular flexibility index (Phi) is 6.42. The smallest absolute Gasteiger partial charge is 0.353 e. The first-order chi connectivity index (χ1) is 10.8. The summed E-state index contributed by atoms with van der Waals surface area (Å²) >= 11 is 6.67. The van der Waals surface area contributed by atoms with E-state index in [2.05, 4.69) is 5.32 Å². The van der Waals surface area contributed by atoms with Crippen molar-refractivity contribution in [1.82, 2.24) is 10.2 Å². The van der Waals surface area contributed by atoms with E-state index in [1.807, 2.05) is 6.92 Å². The summed E-state index contributed by atoms with van der Waals surface area (Å²) in [5.74, 6) is -1.93. The molecule has 1 unspecified atom stereocenters. The number of carbonyl (C=O) groups excluding carboxylic acids is 1. The summed E-state index contributed by atoms with van der Waals surface area (Å²) in [4.78, 5) is 26.9. The second kappa shape index (κ2) is 7.63. The maximum absolute atomic E-state index is 12.3. The number of hydrogen-bond donors (Lipinski definition) is 3. The van der Waals surface area contributed by atoms with Crippen LogP contribution in [0.25, 0.3) is 0 Å². The molecule has 6 nitrogen and oxygen atoms in total. The first kappa shape index (κ1) is 20.2. The van der Waals surface area contributed by atoms with Gasteiger partial charge in [0.2, 0.25) is 5.91 Å². The normalized spacial score (nSPS) is 33.4. The predicted octanol–water partition coefficient (Wildman–Crippen LogP) is 0.572. The fourth-order valence-electron chi connectivity index (χ4n) is 3.67. The summed E-state index contributed by atoms with van der Waals surface area (Å²) in [6.45, 7) is 4.24. The third-order valence-electron chi connectivity index (χ3n) is 4.83. The van der Waals surface area contributed by atoms with E-state index in [9.17, 15) is 19.8 Å². The standard InChI is InChI=1S/C15H20N2O4S2.Na/c1-6-11-10(7(2)18)14(19)17(11)12(15(20)21)13(6)23-8-3-4-9(22)16-5-8;/h6-8,10-11,18H,3-5H2,1-2H3,(H,16,22)(H,20,21);/t6-,7-,8?,10-,11-;/m1./s1. The van der Waals surface area contributed by atoms with Crippen LogP contribution < -0.4 is 5.32 Å². The summed E-state index contributed by atoms with van der Waals surface area (Å²) in [5.41, 5.74) is 0.0996.